The first-order valence-corrected chi connectivity index (χ1v) is 21.4. The maximum atomic E-state index is 14.3. The second-order valence-corrected chi connectivity index (χ2v) is 18.3. The van der Waals surface area contributed by atoms with E-state index in [-0.39, 0.29) is 36.1 Å². The van der Waals surface area contributed by atoms with Crippen molar-refractivity contribution in [3.8, 4) is 5.75 Å². The molecule has 4 rings (SSSR count). The summed E-state index contributed by atoms with van der Waals surface area (Å²) in [5, 5.41) is 25.5. The van der Waals surface area contributed by atoms with Gasteiger partial charge in [-0.1, -0.05) is 13.8 Å². The lowest BCUT2D eigenvalue weighted by Crippen LogP contribution is -2.65. The van der Waals surface area contributed by atoms with Gasteiger partial charge in [0.2, 0.25) is 0 Å². The highest BCUT2D eigenvalue weighted by Crippen LogP contribution is 2.37. The molecule has 330 valence electrons. The number of pyridine rings is 2. The molecule has 2 aromatic heterocycles. The van der Waals surface area contributed by atoms with Gasteiger partial charge in [-0.2, -0.15) is 0 Å². The number of ketones is 2. The maximum absolute atomic E-state index is 14.3. The van der Waals surface area contributed by atoms with Crippen LogP contribution in [0.5, 0.6) is 5.75 Å². The van der Waals surface area contributed by atoms with E-state index in [0.29, 0.717) is 43.6 Å². The van der Waals surface area contributed by atoms with Crippen LogP contribution in [-0.4, -0.2) is 146 Å². The molecule has 0 unspecified atom stereocenters. The van der Waals surface area contributed by atoms with Crippen molar-refractivity contribution in [2.45, 2.75) is 140 Å². The number of hydrogen-bond donors (Lipinski definition) is 3. The number of aryl methyl sites for hydroxylation is 1. The highest BCUT2D eigenvalue weighted by atomic mass is 127. The number of carbonyl (C=O) groups is 4. The summed E-state index contributed by atoms with van der Waals surface area (Å²) in [7, 11) is 5.18. The molecule has 0 radical (unpaired) electrons. The third kappa shape index (κ3) is 11.1. The minimum Gasteiger partial charge on any atom is -0.506 e. The van der Waals surface area contributed by atoms with Gasteiger partial charge < -0.3 is 44.1 Å². The molecule has 17 heteroatoms. The van der Waals surface area contributed by atoms with Crippen LogP contribution in [0.2, 0.25) is 0 Å². The Morgan fingerprint density at radius 3 is 2.41 bits per heavy atom. The number of fused-ring (bicyclic) bond motifs is 1. The molecule has 4 heterocycles. The van der Waals surface area contributed by atoms with Gasteiger partial charge in [-0.05, 0) is 110 Å². The number of methoxy groups -OCH3 is 1. The van der Waals surface area contributed by atoms with Crippen molar-refractivity contribution in [3.05, 3.63) is 29.6 Å². The standard InChI is InChI=1S/C42H64IN5O11/c1-22-13-14-44-34-30(32(51)17-45-33(22)34)20-48-18-29(19-48)46-28(7)42(9,56-21-49)40(43)59-38(54)26(5)35(52)25(4)37(41(8,55-12)16-23(2)27(6)50)58-39-36(53)31(47(10)11)15-24(3)57-39/h13-14,17,21,23-26,28-29,31,36-37,39-40,46,51,53H,15-16,18-20H2,1-12H3/t23-,24-,25+,26-,28-,31+,36-,37-,39+,40+,41-,42+/m1/s1. The Balaban J connectivity index is 1.46. The number of carbonyl (C=O) groups excluding carboxylic acids is 4. The molecule has 2 fully saturated rings. The zero-order valence-corrected chi connectivity index (χ0v) is 38.6. The minimum atomic E-state index is -1.34. The van der Waals surface area contributed by atoms with Gasteiger partial charge in [-0.3, -0.25) is 34.0 Å². The van der Waals surface area contributed by atoms with Gasteiger partial charge in [0.15, 0.2) is 21.8 Å². The number of rotatable bonds is 21. The normalized spacial score (nSPS) is 25.4. The zero-order chi connectivity index (χ0) is 44.1. The molecular weight excluding hydrogens is 877 g/mol. The monoisotopic (exact) mass is 941 g/mol. The quantitative estimate of drug-likeness (QED) is 0.0538. The number of nitrogens with one attached hydrogen (secondary N) is 1. The molecule has 3 N–H and O–H groups in total. The fourth-order valence-electron chi connectivity index (χ4n) is 8.06. The maximum Gasteiger partial charge on any atom is 0.317 e. The average Bonchev–Trinajstić information content (AvgIpc) is 3.16. The van der Waals surface area contributed by atoms with Gasteiger partial charge in [0.1, 0.15) is 23.6 Å². The Morgan fingerprint density at radius 2 is 1.81 bits per heavy atom. The second-order valence-electron chi connectivity index (χ2n) is 17.2. The van der Waals surface area contributed by atoms with Crippen molar-refractivity contribution in [3.63, 3.8) is 0 Å². The highest BCUT2D eigenvalue weighted by Gasteiger charge is 2.50. The molecule has 2 saturated heterocycles. The summed E-state index contributed by atoms with van der Waals surface area (Å²) < 4.78 is 29.1. The van der Waals surface area contributed by atoms with Crippen LogP contribution in [0.15, 0.2) is 18.5 Å². The largest absolute Gasteiger partial charge is 0.506 e. The van der Waals surface area contributed by atoms with Crippen LogP contribution in [-0.2, 0) is 49.4 Å². The molecular formula is C42H64IN5O11. The highest BCUT2D eigenvalue weighted by molar-refractivity contribution is 14.1. The van der Waals surface area contributed by atoms with E-state index >= 15 is 0 Å². The smallest absolute Gasteiger partial charge is 0.317 e. The Kier molecular flexibility index (Phi) is 16.8. The number of esters is 1. The SMILES string of the molecule is CO[C@](C)(C[C@@H](C)C(C)=O)[C@H](O[C@@H]1O[C@H](C)C[C@H](N(C)C)[C@H]1O)[C@@H](C)C(=O)[C@@H](C)C(=O)O[C@H](I)[C@@](C)(OC=O)[C@@H](C)NC1CN(Cc2c(O)cnc3c(C)ccnc23)C1. The third-order valence-corrected chi connectivity index (χ3v) is 13.9. The van der Waals surface area contributed by atoms with Gasteiger partial charge in [0.05, 0.1) is 35.0 Å². The number of likely N-dealkylation sites (N-methyl/N-ethyl adjacent to an activating group) is 1. The lowest BCUT2D eigenvalue weighted by atomic mass is 9.78. The van der Waals surface area contributed by atoms with Gasteiger partial charge in [0.25, 0.3) is 6.47 Å². The number of hydrogen-bond acceptors (Lipinski definition) is 16. The van der Waals surface area contributed by atoms with Crippen LogP contribution >= 0.6 is 22.6 Å². The van der Waals surface area contributed by atoms with Crippen molar-refractivity contribution in [2.75, 3.05) is 34.3 Å². The Labute approximate surface area is 361 Å². The number of aromatic hydroxyl groups is 1. The Hall–Kier alpha value is -2.91. The molecule has 2 aliphatic rings. The van der Waals surface area contributed by atoms with E-state index in [1.165, 1.54) is 27.2 Å². The van der Waals surface area contributed by atoms with Crippen LogP contribution < -0.4 is 5.32 Å². The van der Waals surface area contributed by atoms with Crippen LogP contribution in [0.3, 0.4) is 0 Å². The van der Waals surface area contributed by atoms with E-state index in [2.05, 4.69) is 20.2 Å². The summed E-state index contributed by atoms with van der Waals surface area (Å²) in [6, 6.07) is 1.07. The minimum absolute atomic E-state index is 0.00873. The molecule has 2 aromatic rings. The van der Waals surface area contributed by atoms with Crippen molar-refractivity contribution in [1.82, 2.24) is 25.1 Å². The molecule has 2 aliphatic heterocycles. The first kappa shape index (κ1) is 48.8. The summed E-state index contributed by atoms with van der Waals surface area (Å²) in [5.74, 6) is -4.07. The lowest BCUT2D eigenvalue weighted by Gasteiger charge is -2.46. The molecule has 16 nitrogen and oxygen atoms in total. The molecule has 0 spiro atoms. The van der Waals surface area contributed by atoms with E-state index in [1.807, 2.05) is 68.4 Å². The van der Waals surface area contributed by atoms with E-state index in [1.54, 1.807) is 33.9 Å². The van der Waals surface area contributed by atoms with Crippen LogP contribution in [0, 0.1) is 24.7 Å². The van der Waals surface area contributed by atoms with Crippen LogP contribution in [0.1, 0.15) is 79.4 Å². The molecule has 0 aromatic carbocycles. The fraction of sp³-hybridized carbons (Fsp3) is 0.714. The Morgan fingerprint density at radius 1 is 1.15 bits per heavy atom. The van der Waals surface area contributed by atoms with Gasteiger partial charge in [0, 0.05) is 68.5 Å². The van der Waals surface area contributed by atoms with E-state index < -0.39 is 69.4 Å². The molecule has 0 saturated carbocycles. The summed E-state index contributed by atoms with van der Waals surface area (Å²) in [6.07, 6.45) is 0.374. The number of ether oxygens (including phenoxy) is 5. The van der Waals surface area contributed by atoms with E-state index in [0.717, 1.165) is 11.1 Å². The first-order chi connectivity index (χ1) is 27.6. The number of halogens is 1. The first-order valence-electron chi connectivity index (χ1n) is 20.2. The average molecular weight is 942 g/mol. The van der Waals surface area contributed by atoms with Crippen molar-refractivity contribution < 1.29 is 53.1 Å². The second kappa shape index (κ2) is 20.3. The van der Waals surface area contributed by atoms with Crippen molar-refractivity contribution in [1.29, 1.82) is 0 Å². The van der Waals surface area contributed by atoms with Crippen molar-refractivity contribution >= 4 is 57.6 Å². The predicted octanol–water partition coefficient (Wildman–Crippen LogP) is 3.71. The number of aliphatic hydroxyl groups is 1. The Bertz CT molecular complexity index is 1800. The number of Topliss-reactive ketones (excluding diaryl/α,β-unsaturated/α-hetero) is 2. The topological polar surface area (TPSA) is 199 Å². The van der Waals surface area contributed by atoms with Gasteiger partial charge in [-0.25, -0.2) is 0 Å². The van der Waals surface area contributed by atoms with Crippen LogP contribution in [0.4, 0.5) is 0 Å². The molecule has 0 amide bonds. The van der Waals surface area contributed by atoms with E-state index in [9.17, 15) is 29.4 Å². The van der Waals surface area contributed by atoms with E-state index in [4.69, 9.17) is 23.7 Å². The van der Waals surface area contributed by atoms with Crippen LogP contribution in [0.25, 0.3) is 11.0 Å². The number of aliphatic hydroxyl groups excluding tert-OH is 1. The summed E-state index contributed by atoms with van der Waals surface area (Å²) in [5.41, 5.74) is 0.490. The lowest BCUT2D eigenvalue weighted by molar-refractivity contribution is -0.295. The molecule has 0 bridgehead atoms. The van der Waals surface area contributed by atoms with Gasteiger partial charge >= 0.3 is 5.97 Å². The number of aromatic nitrogens is 2. The fourth-order valence-corrected chi connectivity index (χ4v) is 8.99. The molecule has 0 aliphatic carbocycles. The van der Waals surface area contributed by atoms with Gasteiger partial charge in [-0.15, -0.1) is 0 Å². The molecule has 12 atom stereocenters. The summed E-state index contributed by atoms with van der Waals surface area (Å²) in [4.78, 5) is 65.2. The van der Waals surface area contributed by atoms with Crippen molar-refractivity contribution in [2.24, 2.45) is 17.8 Å². The third-order valence-electron chi connectivity index (χ3n) is 12.4. The number of nitrogens with zero attached hydrogens (tertiary/aromatic N) is 4. The number of likely N-dealkylation sites (tertiary alicyclic amines) is 1. The zero-order valence-electron chi connectivity index (χ0n) is 36.4. The number of alkyl halides is 1. The summed E-state index contributed by atoms with van der Waals surface area (Å²) >= 11 is 1.90. The summed E-state index contributed by atoms with van der Waals surface area (Å²) in [6.45, 7) is 17.4. The predicted molar refractivity (Wildman–Crippen MR) is 228 cm³/mol. The molecule has 59 heavy (non-hydrogen) atoms.